The van der Waals surface area contributed by atoms with Gasteiger partial charge in [0, 0.05) is 11.3 Å². The van der Waals surface area contributed by atoms with E-state index in [1.165, 1.54) is 0 Å². The summed E-state index contributed by atoms with van der Waals surface area (Å²) in [7, 11) is 0. The minimum atomic E-state index is -1.32. The van der Waals surface area contributed by atoms with Crippen molar-refractivity contribution in [3.8, 4) is 11.6 Å². The predicted molar refractivity (Wildman–Crippen MR) is 102 cm³/mol. The van der Waals surface area contributed by atoms with Gasteiger partial charge in [-0.1, -0.05) is 32.0 Å². The number of nitrogens with zero attached hydrogens (tertiary/aromatic N) is 3. The van der Waals surface area contributed by atoms with Crippen LogP contribution >= 0.6 is 0 Å². The fourth-order valence-corrected chi connectivity index (χ4v) is 2.94. The number of hydrogen-bond acceptors (Lipinski definition) is 7. The van der Waals surface area contributed by atoms with Crippen molar-refractivity contribution in [2.75, 3.05) is 13.2 Å². The van der Waals surface area contributed by atoms with Crippen molar-refractivity contribution in [3.05, 3.63) is 36.2 Å². The smallest absolute Gasteiger partial charge is 0.340 e. The standard InChI is InChI=1S/C20H23N3O5/c1-5-26-19(24)16(20(25)27-6-2)23-14-10-8-7-9-13(14)11-15(23)18-22-21-17(28-18)12(3)4/h7-12,16H,5-6H2,1-4H3. The molecule has 0 N–H and O–H groups in total. The SMILES string of the molecule is CCOC(=O)C(C(=O)OCC)n1c(-c2nnc(C(C)C)o2)cc2ccccc21. The minimum Gasteiger partial charge on any atom is -0.464 e. The molecule has 0 amide bonds. The zero-order chi connectivity index (χ0) is 20.3. The molecule has 3 rings (SSSR count). The summed E-state index contributed by atoms with van der Waals surface area (Å²) in [6.45, 7) is 7.52. The van der Waals surface area contributed by atoms with E-state index in [0.29, 0.717) is 17.1 Å². The van der Waals surface area contributed by atoms with Gasteiger partial charge in [-0.2, -0.15) is 0 Å². The van der Waals surface area contributed by atoms with Gasteiger partial charge in [-0.05, 0) is 26.0 Å². The fourth-order valence-electron chi connectivity index (χ4n) is 2.94. The first kappa shape index (κ1) is 19.6. The van der Waals surface area contributed by atoms with E-state index in [1.807, 2.05) is 38.1 Å². The van der Waals surface area contributed by atoms with Gasteiger partial charge < -0.3 is 18.5 Å². The van der Waals surface area contributed by atoms with E-state index in [0.717, 1.165) is 5.39 Å². The Kier molecular flexibility index (Phi) is 5.77. The number of carbonyl (C=O) groups excluding carboxylic acids is 2. The van der Waals surface area contributed by atoms with Crippen molar-refractivity contribution in [1.29, 1.82) is 0 Å². The van der Waals surface area contributed by atoms with Gasteiger partial charge in [-0.15, -0.1) is 10.2 Å². The third-order valence-electron chi connectivity index (χ3n) is 4.18. The van der Waals surface area contributed by atoms with Crippen molar-refractivity contribution in [1.82, 2.24) is 14.8 Å². The van der Waals surface area contributed by atoms with Crippen LogP contribution in [-0.4, -0.2) is 39.9 Å². The molecule has 2 aromatic heterocycles. The molecule has 3 aromatic rings. The topological polar surface area (TPSA) is 96.5 Å². The quantitative estimate of drug-likeness (QED) is 0.454. The van der Waals surface area contributed by atoms with Gasteiger partial charge in [0.1, 0.15) is 5.69 Å². The summed E-state index contributed by atoms with van der Waals surface area (Å²) in [5.74, 6) is -0.668. The number of para-hydroxylation sites is 1. The van der Waals surface area contributed by atoms with Crippen LogP contribution in [0.15, 0.2) is 34.7 Å². The number of carbonyl (C=O) groups is 2. The maximum Gasteiger partial charge on any atom is 0.340 e. The summed E-state index contributed by atoms with van der Waals surface area (Å²) in [4.78, 5) is 25.4. The normalized spacial score (nSPS) is 11.4. The molecule has 0 aliphatic carbocycles. The number of ether oxygens (including phenoxy) is 2. The maximum absolute atomic E-state index is 12.7. The van der Waals surface area contributed by atoms with Crippen LogP contribution in [0.1, 0.15) is 45.5 Å². The average Bonchev–Trinajstić information content (AvgIpc) is 3.28. The zero-order valence-electron chi connectivity index (χ0n) is 16.3. The second kappa shape index (κ2) is 8.24. The Morgan fingerprint density at radius 2 is 1.71 bits per heavy atom. The Morgan fingerprint density at radius 3 is 2.29 bits per heavy atom. The van der Waals surface area contributed by atoms with Gasteiger partial charge in [-0.3, -0.25) is 0 Å². The van der Waals surface area contributed by atoms with Crippen LogP contribution in [0.5, 0.6) is 0 Å². The van der Waals surface area contributed by atoms with Crippen LogP contribution in [0.25, 0.3) is 22.5 Å². The lowest BCUT2D eigenvalue weighted by atomic mass is 10.2. The molecular weight excluding hydrogens is 362 g/mol. The molecule has 0 saturated carbocycles. The number of hydrogen-bond donors (Lipinski definition) is 0. The highest BCUT2D eigenvalue weighted by Gasteiger charge is 2.35. The number of fused-ring (bicyclic) bond motifs is 1. The molecule has 148 valence electrons. The van der Waals surface area contributed by atoms with Crippen molar-refractivity contribution in [3.63, 3.8) is 0 Å². The molecule has 0 aliphatic heterocycles. The van der Waals surface area contributed by atoms with E-state index in [2.05, 4.69) is 10.2 Å². The van der Waals surface area contributed by atoms with Crippen molar-refractivity contribution in [2.45, 2.75) is 39.7 Å². The Hall–Kier alpha value is -3.16. The lowest BCUT2D eigenvalue weighted by Gasteiger charge is -2.19. The predicted octanol–water partition coefficient (Wildman–Crippen LogP) is 3.48. The number of rotatable bonds is 7. The van der Waals surface area contributed by atoms with E-state index in [1.54, 1.807) is 24.5 Å². The maximum atomic E-state index is 12.7. The second-order valence-corrected chi connectivity index (χ2v) is 6.47. The highest BCUT2D eigenvalue weighted by atomic mass is 16.6. The first-order valence-corrected chi connectivity index (χ1v) is 9.24. The van der Waals surface area contributed by atoms with E-state index in [-0.39, 0.29) is 25.0 Å². The highest BCUT2D eigenvalue weighted by molar-refractivity contribution is 6.00. The molecule has 0 bridgehead atoms. The summed E-state index contributed by atoms with van der Waals surface area (Å²) in [6, 6.07) is 7.87. The molecule has 8 heteroatoms. The molecular formula is C20H23N3O5. The molecule has 0 spiro atoms. The summed E-state index contributed by atoms with van der Waals surface area (Å²) >= 11 is 0. The van der Waals surface area contributed by atoms with Crippen LogP contribution < -0.4 is 0 Å². The van der Waals surface area contributed by atoms with Gasteiger partial charge in [-0.25, -0.2) is 9.59 Å². The summed E-state index contributed by atoms with van der Waals surface area (Å²) in [5.41, 5.74) is 1.11. The first-order valence-electron chi connectivity index (χ1n) is 9.24. The van der Waals surface area contributed by atoms with Crippen LogP contribution in [0.3, 0.4) is 0 Å². The largest absolute Gasteiger partial charge is 0.464 e. The van der Waals surface area contributed by atoms with Crippen LogP contribution in [0.2, 0.25) is 0 Å². The van der Waals surface area contributed by atoms with Gasteiger partial charge in [0.15, 0.2) is 0 Å². The molecule has 1 aromatic carbocycles. The molecule has 0 unspecified atom stereocenters. The molecule has 0 fully saturated rings. The van der Waals surface area contributed by atoms with Crippen molar-refractivity contribution in [2.24, 2.45) is 0 Å². The first-order chi connectivity index (χ1) is 13.5. The summed E-state index contributed by atoms with van der Waals surface area (Å²) in [5, 5.41) is 9.00. The highest BCUT2D eigenvalue weighted by Crippen LogP contribution is 2.32. The minimum absolute atomic E-state index is 0.0463. The van der Waals surface area contributed by atoms with E-state index >= 15 is 0 Å². The van der Waals surface area contributed by atoms with Crippen molar-refractivity contribution < 1.29 is 23.5 Å². The van der Waals surface area contributed by atoms with Gasteiger partial charge >= 0.3 is 11.9 Å². The summed E-state index contributed by atoms with van der Waals surface area (Å²) < 4.78 is 17.6. The van der Waals surface area contributed by atoms with Crippen LogP contribution in [-0.2, 0) is 19.1 Å². The Balaban J connectivity index is 2.23. The zero-order valence-corrected chi connectivity index (χ0v) is 16.3. The molecule has 8 nitrogen and oxygen atoms in total. The Morgan fingerprint density at radius 1 is 1.07 bits per heavy atom. The van der Waals surface area contributed by atoms with Crippen LogP contribution in [0.4, 0.5) is 0 Å². The number of aromatic nitrogens is 3. The lowest BCUT2D eigenvalue weighted by Crippen LogP contribution is -2.31. The molecule has 2 heterocycles. The van der Waals surface area contributed by atoms with Gasteiger partial charge in [0.2, 0.25) is 11.9 Å². The van der Waals surface area contributed by atoms with Gasteiger partial charge in [0.25, 0.3) is 5.89 Å². The second-order valence-electron chi connectivity index (χ2n) is 6.47. The Labute approximate surface area is 162 Å². The van der Waals surface area contributed by atoms with Gasteiger partial charge in [0.05, 0.1) is 18.7 Å². The van der Waals surface area contributed by atoms with E-state index < -0.39 is 18.0 Å². The molecule has 0 aliphatic rings. The molecule has 0 radical (unpaired) electrons. The van der Waals surface area contributed by atoms with Crippen molar-refractivity contribution >= 4 is 22.8 Å². The fraction of sp³-hybridized carbons (Fsp3) is 0.400. The number of esters is 2. The summed E-state index contributed by atoms with van der Waals surface area (Å²) in [6.07, 6.45) is 0. The molecule has 0 saturated heterocycles. The third-order valence-corrected chi connectivity index (χ3v) is 4.18. The van der Waals surface area contributed by atoms with E-state index in [9.17, 15) is 9.59 Å². The Bertz CT molecular complexity index is 971. The van der Waals surface area contributed by atoms with E-state index in [4.69, 9.17) is 13.9 Å². The monoisotopic (exact) mass is 385 g/mol. The average molecular weight is 385 g/mol. The third kappa shape index (κ3) is 3.62. The lowest BCUT2D eigenvalue weighted by molar-refractivity contribution is -0.160. The molecule has 28 heavy (non-hydrogen) atoms. The molecule has 0 atom stereocenters. The van der Waals surface area contributed by atoms with Crippen LogP contribution in [0, 0.1) is 0 Å². The number of benzene rings is 1.